The van der Waals surface area contributed by atoms with Crippen molar-refractivity contribution in [2.24, 2.45) is 0 Å². The summed E-state index contributed by atoms with van der Waals surface area (Å²) >= 11 is 0. The van der Waals surface area contributed by atoms with Gasteiger partial charge in [0, 0.05) is 28.9 Å². The number of benzene rings is 1. The Balaban J connectivity index is 1.84. The fourth-order valence-electron chi connectivity index (χ4n) is 2.63. The fraction of sp³-hybridized carbons (Fsp3) is 0.0588. The van der Waals surface area contributed by atoms with E-state index in [0.29, 0.717) is 11.5 Å². The molecule has 0 saturated carbocycles. The average Bonchev–Trinajstić information content (AvgIpc) is 3.21. The predicted octanol–water partition coefficient (Wildman–Crippen LogP) is 2.84. The maximum atomic E-state index is 11.2. The highest BCUT2D eigenvalue weighted by Crippen LogP contribution is 2.28. The molecule has 0 amide bonds. The van der Waals surface area contributed by atoms with Crippen LogP contribution < -0.4 is 0 Å². The van der Waals surface area contributed by atoms with Crippen molar-refractivity contribution in [3.63, 3.8) is 0 Å². The van der Waals surface area contributed by atoms with Gasteiger partial charge >= 0.3 is 5.97 Å². The van der Waals surface area contributed by atoms with Crippen LogP contribution in [0.15, 0.2) is 59.4 Å². The molecule has 0 aliphatic heterocycles. The molecule has 0 saturated heterocycles. The van der Waals surface area contributed by atoms with Crippen LogP contribution in [-0.4, -0.2) is 30.8 Å². The lowest BCUT2D eigenvalue weighted by atomic mass is 10.2. The van der Waals surface area contributed by atoms with Crippen LogP contribution in [0.5, 0.6) is 0 Å². The smallest absolute Gasteiger partial charge is 0.323 e. The molecule has 0 unspecified atom stereocenters. The Morgan fingerprint density at radius 1 is 1.21 bits per heavy atom. The number of aromatic nitrogens is 4. The van der Waals surface area contributed by atoms with E-state index in [1.807, 2.05) is 36.4 Å². The minimum atomic E-state index is -0.940. The van der Waals surface area contributed by atoms with E-state index in [0.717, 1.165) is 16.5 Å². The molecule has 0 spiro atoms. The molecule has 24 heavy (non-hydrogen) atoms. The third-order valence-corrected chi connectivity index (χ3v) is 3.67. The van der Waals surface area contributed by atoms with Crippen LogP contribution in [0.2, 0.25) is 0 Å². The Kier molecular flexibility index (Phi) is 3.31. The molecule has 3 heterocycles. The number of carbonyl (C=O) groups is 1. The number of fused-ring (bicyclic) bond motifs is 1. The van der Waals surface area contributed by atoms with Crippen LogP contribution in [-0.2, 0) is 11.3 Å². The number of hydrogen-bond acceptors (Lipinski definition) is 5. The highest BCUT2D eigenvalue weighted by molar-refractivity contribution is 5.87. The number of carboxylic acid groups (broad SMARTS) is 1. The zero-order chi connectivity index (χ0) is 16.5. The second-order valence-corrected chi connectivity index (χ2v) is 5.23. The van der Waals surface area contributed by atoms with E-state index < -0.39 is 5.97 Å². The molecule has 1 aromatic carbocycles. The number of rotatable bonds is 4. The number of carboxylic acids is 1. The van der Waals surface area contributed by atoms with Gasteiger partial charge in [-0.25, -0.2) is 0 Å². The minimum Gasteiger partial charge on any atom is -0.480 e. The van der Waals surface area contributed by atoms with Crippen molar-refractivity contribution in [3.8, 4) is 23.0 Å². The number of nitrogens with zero attached hydrogens (tertiary/aromatic N) is 4. The van der Waals surface area contributed by atoms with Gasteiger partial charge in [-0.1, -0.05) is 23.4 Å². The highest BCUT2D eigenvalue weighted by atomic mass is 16.5. The zero-order valence-corrected chi connectivity index (χ0v) is 12.5. The summed E-state index contributed by atoms with van der Waals surface area (Å²) in [6.45, 7) is -0.187. The van der Waals surface area contributed by atoms with Crippen molar-refractivity contribution in [2.75, 3.05) is 0 Å². The van der Waals surface area contributed by atoms with E-state index >= 15 is 0 Å². The van der Waals surface area contributed by atoms with Gasteiger partial charge in [0.25, 0.3) is 5.89 Å². The summed E-state index contributed by atoms with van der Waals surface area (Å²) in [4.78, 5) is 19.6. The van der Waals surface area contributed by atoms with Crippen molar-refractivity contribution in [3.05, 3.63) is 54.9 Å². The normalized spacial score (nSPS) is 11.0. The first kappa shape index (κ1) is 14.1. The molecule has 7 nitrogen and oxygen atoms in total. The number of hydrogen-bond donors (Lipinski definition) is 1. The lowest BCUT2D eigenvalue weighted by Crippen LogP contribution is -2.09. The summed E-state index contributed by atoms with van der Waals surface area (Å²) in [7, 11) is 0. The molecular weight excluding hydrogens is 308 g/mol. The van der Waals surface area contributed by atoms with E-state index in [4.69, 9.17) is 4.52 Å². The van der Waals surface area contributed by atoms with Crippen molar-refractivity contribution < 1.29 is 14.4 Å². The van der Waals surface area contributed by atoms with Crippen LogP contribution in [0.3, 0.4) is 0 Å². The Morgan fingerprint density at radius 3 is 2.88 bits per heavy atom. The standard InChI is InChI=1S/C17H12N4O3/c22-15(23)10-21-13-6-2-1-4-11(13)8-14(21)17-19-16(20-24-17)12-5-3-7-18-9-12/h1-9H,10H2,(H,22,23). The Hall–Kier alpha value is -3.48. The predicted molar refractivity (Wildman–Crippen MR) is 86.1 cm³/mol. The van der Waals surface area contributed by atoms with Gasteiger partial charge in [0.15, 0.2) is 0 Å². The van der Waals surface area contributed by atoms with E-state index in [9.17, 15) is 9.90 Å². The van der Waals surface area contributed by atoms with E-state index in [1.165, 1.54) is 0 Å². The van der Waals surface area contributed by atoms with Crippen molar-refractivity contribution >= 4 is 16.9 Å². The summed E-state index contributed by atoms with van der Waals surface area (Å²) in [6, 6.07) is 13.0. The first-order valence-corrected chi connectivity index (χ1v) is 7.27. The maximum absolute atomic E-state index is 11.2. The Bertz CT molecular complexity index is 1020. The first-order valence-electron chi connectivity index (χ1n) is 7.27. The molecule has 1 N–H and O–H groups in total. The monoisotopic (exact) mass is 320 g/mol. The molecule has 0 aliphatic carbocycles. The summed E-state index contributed by atoms with van der Waals surface area (Å²) in [5, 5.41) is 14.1. The van der Waals surface area contributed by atoms with Gasteiger partial charge < -0.3 is 14.2 Å². The largest absolute Gasteiger partial charge is 0.480 e. The average molecular weight is 320 g/mol. The van der Waals surface area contributed by atoms with Gasteiger partial charge in [-0.3, -0.25) is 9.78 Å². The molecular formula is C17H12N4O3. The van der Waals surface area contributed by atoms with Gasteiger partial charge in [-0.05, 0) is 24.3 Å². The van der Waals surface area contributed by atoms with Crippen molar-refractivity contribution in [1.82, 2.24) is 19.7 Å². The van der Waals surface area contributed by atoms with Crippen LogP contribution in [0, 0.1) is 0 Å². The topological polar surface area (TPSA) is 94.0 Å². The Labute approximate surface area is 136 Å². The molecule has 3 aromatic heterocycles. The first-order chi connectivity index (χ1) is 11.7. The second-order valence-electron chi connectivity index (χ2n) is 5.23. The van der Waals surface area contributed by atoms with Gasteiger partial charge in [-0.2, -0.15) is 4.98 Å². The van der Waals surface area contributed by atoms with Gasteiger partial charge in [-0.15, -0.1) is 0 Å². The summed E-state index contributed by atoms with van der Waals surface area (Å²) in [5.41, 5.74) is 2.10. The molecule has 0 atom stereocenters. The van der Waals surface area contributed by atoms with Gasteiger partial charge in [0.1, 0.15) is 12.2 Å². The van der Waals surface area contributed by atoms with Crippen molar-refractivity contribution in [2.45, 2.75) is 6.54 Å². The molecule has 4 aromatic rings. The Morgan fingerprint density at radius 2 is 2.08 bits per heavy atom. The fourth-order valence-corrected chi connectivity index (χ4v) is 2.63. The summed E-state index contributed by atoms with van der Waals surface area (Å²) < 4.78 is 7.01. The molecule has 7 heteroatoms. The molecule has 0 aliphatic rings. The van der Waals surface area contributed by atoms with Gasteiger partial charge in [0.2, 0.25) is 5.82 Å². The number of pyridine rings is 1. The van der Waals surface area contributed by atoms with E-state index in [-0.39, 0.29) is 12.4 Å². The van der Waals surface area contributed by atoms with Crippen LogP contribution in [0.4, 0.5) is 0 Å². The third kappa shape index (κ3) is 2.41. The molecule has 0 bridgehead atoms. The van der Waals surface area contributed by atoms with Crippen molar-refractivity contribution in [1.29, 1.82) is 0 Å². The minimum absolute atomic E-state index is 0.187. The quantitative estimate of drug-likeness (QED) is 0.621. The highest BCUT2D eigenvalue weighted by Gasteiger charge is 2.18. The second kappa shape index (κ2) is 5.62. The summed E-state index contributed by atoms with van der Waals surface area (Å²) in [5.74, 6) is -0.263. The van der Waals surface area contributed by atoms with Gasteiger partial charge in [0.05, 0.1) is 0 Å². The number of para-hydroxylation sites is 1. The van der Waals surface area contributed by atoms with E-state index in [1.54, 1.807) is 23.0 Å². The number of aliphatic carboxylic acids is 1. The SMILES string of the molecule is O=C(O)Cn1c(-c2nc(-c3cccnc3)no2)cc2ccccc21. The molecule has 0 radical (unpaired) electrons. The third-order valence-electron chi connectivity index (χ3n) is 3.67. The van der Waals surface area contributed by atoms with Crippen LogP contribution >= 0.6 is 0 Å². The maximum Gasteiger partial charge on any atom is 0.323 e. The summed E-state index contributed by atoms with van der Waals surface area (Å²) in [6.07, 6.45) is 3.30. The molecule has 4 rings (SSSR count). The van der Waals surface area contributed by atoms with Crippen LogP contribution in [0.1, 0.15) is 0 Å². The zero-order valence-electron chi connectivity index (χ0n) is 12.5. The molecule has 118 valence electrons. The lowest BCUT2D eigenvalue weighted by Gasteiger charge is -2.04. The molecule has 0 fully saturated rings. The van der Waals surface area contributed by atoms with Crippen LogP contribution in [0.25, 0.3) is 33.9 Å². The lowest BCUT2D eigenvalue weighted by molar-refractivity contribution is -0.137. The van der Waals surface area contributed by atoms with E-state index in [2.05, 4.69) is 15.1 Å².